The Morgan fingerprint density at radius 2 is 1.23 bits per heavy atom. The molecule has 0 unspecified atom stereocenters. The van der Waals surface area contributed by atoms with Crippen molar-refractivity contribution in [1.29, 1.82) is 0 Å². The lowest BCUT2D eigenvalue weighted by atomic mass is 9.87. The summed E-state index contributed by atoms with van der Waals surface area (Å²) in [6, 6.07) is 22.4. The summed E-state index contributed by atoms with van der Waals surface area (Å²) in [5, 5.41) is 11.9. The van der Waals surface area contributed by atoms with Gasteiger partial charge in [0.05, 0.1) is 0 Å². The molecule has 0 aliphatic heterocycles. The van der Waals surface area contributed by atoms with Gasteiger partial charge >= 0.3 is 0 Å². The molecular formula is C34H33N. The van der Waals surface area contributed by atoms with Crippen LogP contribution in [0.1, 0.15) is 56.7 Å². The lowest BCUT2D eigenvalue weighted by Crippen LogP contribution is -1.91. The number of aryl methyl sites for hydroxylation is 1. The summed E-state index contributed by atoms with van der Waals surface area (Å²) in [6.07, 6.45) is 15.3. The van der Waals surface area contributed by atoms with Crippen molar-refractivity contribution < 1.29 is 0 Å². The molecule has 0 spiro atoms. The number of hydrogen-bond donors (Lipinski definition) is 0. The minimum absolute atomic E-state index is 1.20. The lowest BCUT2D eigenvalue weighted by Gasteiger charge is -2.15. The zero-order valence-corrected chi connectivity index (χ0v) is 20.9. The summed E-state index contributed by atoms with van der Waals surface area (Å²) in [4.78, 5) is 0. The number of rotatable bonds is 2. The molecule has 0 bridgehead atoms. The number of benzene rings is 5. The first-order valence-electron chi connectivity index (χ1n) is 13.1. The minimum Gasteiger partial charge on any atom is -0.344 e. The first kappa shape index (κ1) is 21.9. The number of nitrogens with zero attached hydrogens (tertiary/aromatic N) is 1. The Kier molecular flexibility index (Phi) is 5.57. The van der Waals surface area contributed by atoms with Crippen molar-refractivity contribution in [3.63, 3.8) is 0 Å². The molecule has 6 aromatic rings. The van der Waals surface area contributed by atoms with Crippen LogP contribution in [0.25, 0.3) is 66.1 Å². The molecule has 0 saturated heterocycles. The molecule has 1 heteroatoms. The van der Waals surface area contributed by atoms with E-state index in [0.29, 0.717) is 0 Å². The average Bonchev–Trinajstić information content (AvgIpc) is 3.19. The van der Waals surface area contributed by atoms with E-state index in [0.717, 1.165) is 0 Å². The standard InChI is InChI=1S/C28H21N.C6H12/c1-4-8-23-19(5-2)28-24(29(23)3)16-15-21-20-11-6-9-17-13-14-18-10-7-12-22(27(21)28)26(18)25(17)20;1-2-4-6-5-3-1/h4-16H,2H2,1,3H3;1-6H2/b8-4-;. The molecule has 35 heavy (non-hydrogen) atoms. The second kappa shape index (κ2) is 8.89. The quantitative estimate of drug-likeness (QED) is 0.181. The summed E-state index contributed by atoms with van der Waals surface area (Å²) in [5.74, 6) is 0. The normalized spacial score (nSPS) is 14.5. The van der Waals surface area contributed by atoms with Gasteiger partial charge in [0.25, 0.3) is 0 Å². The van der Waals surface area contributed by atoms with Crippen LogP contribution in [0.15, 0.2) is 73.3 Å². The zero-order valence-electron chi connectivity index (χ0n) is 20.9. The summed E-state index contributed by atoms with van der Waals surface area (Å²) in [5.41, 5.74) is 3.66. The van der Waals surface area contributed by atoms with Crippen LogP contribution in [-0.4, -0.2) is 4.57 Å². The molecule has 1 fully saturated rings. The van der Waals surface area contributed by atoms with Gasteiger partial charge < -0.3 is 4.57 Å². The molecule has 1 aromatic heterocycles. The lowest BCUT2D eigenvalue weighted by molar-refractivity contribution is 0.504. The maximum atomic E-state index is 4.17. The van der Waals surface area contributed by atoms with E-state index in [1.807, 2.05) is 6.08 Å². The first-order valence-corrected chi connectivity index (χ1v) is 13.1. The van der Waals surface area contributed by atoms with Gasteiger partial charge in [-0.1, -0.05) is 112 Å². The predicted molar refractivity (Wildman–Crippen MR) is 157 cm³/mol. The van der Waals surface area contributed by atoms with E-state index in [4.69, 9.17) is 0 Å². The fraction of sp³-hybridized carbons (Fsp3) is 0.235. The van der Waals surface area contributed by atoms with E-state index in [2.05, 4.69) is 97.9 Å². The highest BCUT2D eigenvalue weighted by Gasteiger charge is 2.19. The first-order chi connectivity index (χ1) is 17.2. The Balaban J connectivity index is 0.000000336. The molecule has 1 aliphatic rings. The van der Waals surface area contributed by atoms with E-state index < -0.39 is 0 Å². The van der Waals surface area contributed by atoms with E-state index in [-0.39, 0.29) is 0 Å². The molecule has 1 saturated carbocycles. The molecular weight excluding hydrogens is 422 g/mol. The van der Waals surface area contributed by atoms with Gasteiger partial charge in [-0.05, 0) is 56.8 Å². The van der Waals surface area contributed by atoms with Crippen LogP contribution in [0.2, 0.25) is 0 Å². The van der Waals surface area contributed by atoms with Gasteiger partial charge in [-0.3, -0.25) is 0 Å². The second-order valence-electron chi connectivity index (χ2n) is 9.94. The predicted octanol–water partition coefficient (Wildman–Crippen LogP) is 10.2. The largest absolute Gasteiger partial charge is 0.344 e. The molecule has 5 aromatic carbocycles. The van der Waals surface area contributed by atoms with Gasteiger partial charge in [-0.25, -0.2) is 0 Å². The molecule has 1 heterocycles. The summed E-state index contributed by atoms with van der Waals surface area (Å²) >= 11 is 0. The molecule has 1 aliphatic carbocycles. The number of allylic oxidation sites excluding steroid dienone is 1. The Morgan fingerprint density at radius 3 is 1.83 bits per heavy atom. The second-order valence-corrected chi connectivity index (χ2v) is 9.94. The van der Waals surface area contributed by atoms with Crippen LogP contribution in [0.4, 0.5) is 0 Å². The Morgan fingerprint density at radius 1 is 0.657 bits per heavy atom. The summed E-state index contributed by atoms with van der Waals surface area (Å²) < 4.78 is 2.29. The highest BCUT2D eigenvalue weighted by molar-refractivity contribution is 6.37. The maximum Gasteiger partial charge on any atom is 0.0495 e. The van der Waals surface area contributed by atoms with Crippen LogP contribution in [-0.2, 0) is 7.05 Å². The van der Waals surface area contributed by atoms with E-state index in [1.165, 1.54) is 104 Å². The molecule has 0 amide bonds. The van der Waals surface area contributed by atoms with Crippen LogP contribution in [0, 0.1) is 0 Å². The van der Waals surface area contributed by atoms with Gasteiger partial charge in [-0.2, -0.15) is 0 Å². The highest BCUT2D eigenvalue weighted by atomic mass is 14.9. The molecule has 0 atom stereocenters. The third-order valence-corrected chi connectivity index (χ3v) is 7.93. The minimum atomic E-state index is 1.20. The van der Waals surface area contributed by atoms with Crippen LogP contribution < -0.4 is 0 Å². The van der Waals surface area contributed by atoms with Crippen molar-refractivity contribution in [3.8, 4) is 0 Å². The molecule has 174 valence electrons. The monoisotopic (exact) mass is 455 g/mol. The Bertz CT molecular complexity index is 1710. The van der Waals surface area contributed by atoms with Crippen LogP contribution in [0.3, 0.4) is 0 Å². The number of aromatic nitrogens is 1. The van der Waals surface area contributed by atoms with Crippen molar-refractivity contribution in [2.45, 2.75) is 45.4 Å². The summed E-state index contributed by atoms with van der Waals surface area (Å²) in [7, 11) is 2.15. The smallest absolute Gasteiger partial charge is 0.0495 e. The number of fused-ring (bicyclic) bond motifs is 5. The van der Waals surface area contributed by atoms with Gasteiger partial charge in [0.1, 0.15) is 0 Å². The molecule has 0 radical (unpaired) electrons. The van der Waals surface area contributed by atoms with E-state index >= 15 is 0 Å². The van der Waals surface area contributed by atoms with Gasteiger partial charge in [0.15, 0.2) is 0 Å². The zero-order chi connectivity index (χ0) is 23.9. The summed E-state index contributed by atoms with van der Waals surface area (Å²) in [6.45, 7) is 6.24. The Hall–Kier alpha value is -3.58. The van der Waals surface area contributed by atoms with Crippen molar-refractivity contribution in [2.24, 2.45) is 7.05 Å². The molecule has 7 rings (SSSR count). The van der Waals surface area contributed by atoms with Crippen molar-refractivity contribution >= 4 is 66.1 Å². The van der Waals surface area contributed by atoms with Crippen LogP contribution >= 0.6 is 0 Å². The molecule has 0 N–H and O–H groups in total. The average molecular weight is 456 g/mol. The van der Waals surface area contributed by atoms with Gasteiger partial charge in [-0.15, -0.1) is 0 Å². The fourth-order valence-electron chi connectivity index (χ4n) is 6.30. The molecule has 1 nitrogen and oxygen atoms in total. The van der Waals surface area contributed by atoms with Gasteiger partial charge in [0.2, 0.25) is 0 Å². The van der Waals surface area contributed by atoms with Crippen molar-refractivity contribution in [2.75, 3.05) is 0 Å². The third kappa shape index (κ3) is 3.37. The number of hydrogen-bond acceptors (Lipinski definition) is 0. The van der Waals surface area contributed by atoms with Crippen molar-refractivity contribution in [3.05, 3.63) is 84.6 Å². The fourth-order valence-corrected chi connectivity index (χ4v) is 6.30. The maximum absolute atomic E-state index is 4.17. The highest BCUT2D eigenvalue weighted by Crippen LogP contribution is 2.44. The SMILES string of the molecule is C1CCCCC1.C=Cc1c(/C=C\C)n(C)c2ccc3c4cccc5ccc6cccc(c3c12)c6c54. The van der Waals surface area contributed by atoms with Crippen molar-refractivity contribution in [1.82, 2.24) is 4.57 Å². The Labute approximate surface area is 207 Å². The van der Waals surface area contributed by atoms with Gasteiger partial charge in [0, 0.05) is 34.6 Å². The van der Waals surface area contributed by atoms with Crippen LogP contribution in [0.5, 0.6) is 0 Å². The topological polar surface area (TPSA) is 4.93 Å². The third-order valence-electron chi connectivity index (χ3n) is 7.93. The van der Waals surface area contributed by atoms with E-state index in [1.54, 1.807) is 0 Å². The van der Waals surface area contributed by atoms with E-state index in [9.17, 15) is 0 Å².